The Hall–Kier alpha value is -5.26. The lowest BCUT2D eigenvalue weighted by atomic mass is 10.1. The SMILES string of the molecule is CCCOC(=O)NC(=N)c1ccc(NCc2nc3cc(C(=O)N(CCC(=O)O)c4ccccn4)ccc3n2C)cc1. The Labute approximate surface area is 236 Å². The number of carboxylic acid groups (broad SMARTS) is 1. The maximum Gasteiger partial charge on any atom is 0.412 e. The molecule has 0 aliphatic rings. The normalized spacial score (nSPS) is 10.7. The van der Waals surface area contributed by atoms with Crippen LogP contribution in [-0.4, -0.2) is 56.6 Å². The molecule has 0 aliphatic carbocycles. The number of carbonyl (C=O) groups excluding carboxylic acids is 2. The summed E-state index contributed by atoms with van der Waals surface area (Å²) >= 11 is 0. The third-order valence-electron chi connectivity index (χ3n) is 6.23. The molecule has 212 valence electrons. The van der Waals surface area contributed by atoms with Crippen LogP contribution in [0.3, 0.4) is 0 Å². The Morgan fingerprint density at radius 1 is 1.07 bits per heavy atom. The summed E-state index contributed by atoms with van der Waals surface area (Å²) in [5, 5.41) is 22.9. The number of carbonyl (C=O) groups is 3. The number of benzene rings is 2. The molecule has 2 aromatic carbocycles. The van der Waals surface area contributed by atoms with Crippen LogP contribution in [0.2, 0.25) is 0 Å². The average Bonchev–Trinajstić information content (AvgIpc) is 3.30. The van der Waals surface area contributed by atoms with E-state index in [1.165, 1.54) is 4.90 Å². The van der Waals surface area contributed by atoms with Gasteiger partial charge in [0.15, 0.2) is 0 Å². The van der Waals surface area contributed by atoms with E-state index in [1.54, 1.807) is 60.8 Å². The minimum Gasteiger partial charge on any atom is -0.481 e. The number of pyridine rings is 1. The molecule has 41 heavy (non-hydrogen) atoms. The number of hydrogen-bond acceptors (Lipinski definition) is 8. The molecule has 0 atom stereocenters. The number of imidazole rings is 1. The molecule has 0 radical (unpaired) electrons. The van der Waals surface area contributed by atoms with E-state index in [0.29, 0.717) is 35.4 Å². The number of aromatic nitrogens is 3. The first kappa shape index (κ1) is 28.7. The summed E-state index contributed by atoms with van der Waals surface area (Å²) < 4.78 is 6.87. The van der Waals surface area contributed by atoms with Crippen molar-refractivity contribution in [2.45, 2.75) is 26.3 Å². The molecule has 0 bridgehead atoms. The Bertz CT molecular complexity index is 1550. The Morgan fingerprint density at radius 3 is 2.51 bits per heavy atom. The molecule has 0 fully saturated rings. The van der Waals surface area contributed by atoms with Crippen LogP contribution in [0.5, 0.6) is 0 Å². The van der Waals surface area contributed by atoms with Crippen LogP contribution >= 0.6 is 0 Å². The third kappa shape index (κ3) is 7.24. The van der Waals surface area contributed by atoms with E-state index in [1.807, 2.05) is 24.6 Å². The monoisotopic (exact) mass is 557 g/mol. The van der Waals surface area contributed by atoms with Gasteiger partial charge < -0.3 is 19.7 Å². The van der Waals surface area contributed by atoms with Gasteiger partial charge in [-0.25, -0.2) is 14.8 Å². The minimum atomic E-state index is -1.01. The number of anilines is 2. The Morgan fingerprint density at radius 2 is 1.83 bits per heavy atom. The number of ether oxygens (including phenoxy) is 1. The highest BCUT2D eigenvalue weighted by molar-refractivity contribution is 6.07. The van der Waals surface area contributed by atoms with Gasteiger partial charge in [-0.05, 0) is 61.0 Å². The molecule has 12 heteroatoms. The molecule has 0 aliphatic heterocycles. The molecule has 4 N–H and O–H groups in total. The fourth-order valence-corrected chi connectivity index (χ4v) is 4.08. The third-order valence-corrected chi connectivity index (χ3v) is 6.23. The van der Waals surface area contributed by atoms with E-state index in [2.05, 4.69) is 15.6 Å². The van der Waals surface area contributed by atoms with E-state index in [0.717, 1.165) is 17.0 Å². The van der Waals surface area contributed by atoms with Gasteiger partial charge in [0.05, 0.1) is 30.6 Å². The highest BCUT2D eigenvalue weighted by atomic mass is 16.5. The van der Waals surface area contributed by atoms with E-state index < -0.39 is 12.1 Å². The number of fused-ring (bicyclic) bond motifs is 1. The summed E-state index contributed by atoms with van der Waals surface area (Å²) in [6.07, 6.45) is 1.38. The molecule has 0 spiro atoms. The van der Waals surface area contributed by atoms with E-state index in [9.17, 15) is 14.4 Å². The van der Waals surface area contributed by atoms with Crippen molar-refractivity contribution < 1.29 is 24.2 Å². The number of alkyl carbamates (subject to hydrolysis) is 1. The number of amidine groups is 1. The first-order valence-electron chi connectivity index (χ1n) is 13.0. The molecule has 2 heterocycles. The molecule has 0 saturated heterocycles. The molecule has 12 nitrogen and oxygen atoms in total. The maximum atomic E-state index is 13.4. The number of nitrogens with zero attached hydrogens (tertiary/aromatic N) is 4. The Balaban J connectivity index is 1.45. The van der Waals surface area contributed by atoms with Gasteiger partial charge in [0.2, 0.25) is 0 Å². The van der Waals surface area contributed by atoms with Crippen molar-refractivity contribution in [2.75, 3.05) is 23.4 Å². The minimum absolute atomic E-state index is 0.0160. The molecule has 2 aromatic heterocycles. The van der Waals surface area contributed by atoms with Crippen molar-refractivity contribution in [3.8, 4) is 0 Å². The zero-order valence-corrected chi connectivity index (χ0v) is 22.8. The second kappa shape index (κ2) is 13.2. The first-order valence-corrected chi connectivity index (χ1v) is 13.0. The number of amides is 2. The first-order chi connectivity index (χ1) is 19.8. The summed E-state index contributed by atoms with van der Waals surface area (Å²) in [5.41, 5.74) is 3.16. The highest BCUT2D eigenvalue weighted by Gasteiger charge is 2.21. The quantitative estimate of drug-likeness (QED) is 0.158. The molecule has 0 saturated carbocycles. The van der Waals surface area contributed by atoms with E-state index in [-0.39, 0.29) is 31.3 Å². The summed E-state index contributed by atoms with van der Waals surface area (Å²) in [4.78, 5) is 46.5. The summed E-state index contributed by atoms with van der Waals surface area (Å²) in [6, 6.07) is 17.4. The van der Waals surface area contributed by atoms with Gasteiger partial charge in [0, 0.05) is 36.6 Å². The maximum absolute atomic E-state index is 13.4. The number of aryl methyl sites for hydroxylation is 1. The zero-order chi connectivity index (χ0) is 29.4. The van der Waals surface area contributed by atoms with Crippen molar-refractivity contribution in [1.29, 1.82) is 5.41 Å². The van der Waals surface area contributed by atoms with Crippen molar-refractivity contribution in [3.05, 3.63) is 83.8 Å². The number of nitrogens with one attached hydrogen (secondary N) is 3. The van der Waals surface area contributed by atoms with Crippen molar-refractivity contribution >= 4 is 46.3 Å². The van der Waals surface area contributed by atoms with E-state index in [4.69, 9.17) is 20.2 Å². The number of rotatable bonds is 11. The van der Waals surface area contributed by atoms with Gasteiger partial charge in [-0.15, -0.1) is 0 Å². The molecule has 4 aromatic rings. The zero-order valence-electron chi connectivity index (χ0n) is 22.8. The van der Waals surface area contributed by atoms with Gasteiger partial charge in [0.25, 0.3) is 5.91 Å². The van der Waals surface area contributed by atoms with Crippen LogP contribution in [0, 0.1) is 5.41 Å². The molecule has 0 unspecified atom stereocenters. The number of aliphatic carboxylic acids is 1. The fourth-order valence-electron chi connectivity index (χ4n) is 4.08. The van der Waals surface area contributed by atoms with Crippen LogP contribution in [0.15, 0.2) is 66.9 Å². The van der Waals surface area contributed by atoms with Crippen LogP contribution in [0.1, 0.15) is 41.5 Å². The number of carboxylic acids is 1. The van der Waals surface area contributed by atoms with E-state index >= 15 is 0 Å². The van der Waals surface area contributed by atoms with Gasteiger partial charge >= 0.3 is 12.1 Å². The molecular formula is C29H31N7O5. The van der Waals surface area contributed by atoms with Crippen molar-refractivity contribution in [3.63, 3.8) is 0 Å². The standard InChI is InChI=1S/C29H31N7O5/c1-3-16-41-29(40)34-27(30)19-7-10-21(11-8-19)32-18-25-33-22-17-20(9-12-23(22)35(25)2)28(39)36(15-13-26(37)38)24-6-4-5-14-31-24/h4-12,14,17,32H,3,13,15-16,18H2,1-2H3,(H,37,38)(H2,30,34,40). The second-order valence-electron chi connectivity index (χ2n) is 9.15. The lowest BCUT2D eigenvalue weighted by Crippen LogP contribution is -2.33. The average molecular weight is 558 g/mol. The smallest absolute Gasteiger partial charge is 0.412 e. The van der Waals surface area contributed by atoms with Gasteiger partial charge in [0.1, 0.15) is 17.5 Å². The summed E-state index contributed by atoms with van der Waals surface area (Å²) in [7, 11) is 1.88. The number of hydrogen-bond donors (Lipinski definition) is 4. The van der Waals surface area contributed by atoms with Crippen LogP contribution < -0.4 is 15.5 Å². The van der Waals surface area contributed by atoms with Crippen LogP contribution in [0.4, 0.5) is 16.3 Å². The Kier molecular flexibility index (Phi) is 9.25. The van der Waals surface area contributed by atoms with Crippen LogP contribution in [0.25, 0.3) is 11.0 Å². The topological polar surface area (TPSA) is 163 Å². The van der Waals surface area contributed by atoms with Gasteiger partial charge in [-0.1, -0.05) is 13.0 Å². The summed E-state index contributed by atoms with van der Waals surface area (Å²) in [5.74, 6) is -0.320. The lowest BCUT2D eigenvalue weighted by molar-refractivity contribution is -0.136. The largest absolute Gasteiger partial charge is 0.481 e. The predicted octanol–water partition coefficient (Wildman–Crippen LogP) is 4.16. The molecular weight excluding hydrogens is 526 g/mol. The molecule has 4 rings (SSSR count). The van der Waals surface area contributed by atoms with Crippen molar-refractivity contribution in [2.24, 2.45) is 7.05 Å². The highest BCUT2D eigenvalue weighted by Crippen LogP contribution is 2.21. The van der Waals surface area contributed by atoms with Crippen LogP contribution in [-0.2, 0) is 23.1 Å². The lowest BCUT2D eigenvalue weighted by Gasteiger charge is -2.21. The fraction of sp³-hybridized carbons (Fsp3) is 0.241. The van der Waals surface area contributed by atoms with Crippen molar-refractivity contribution in [1.82, 2.24) is 19.9 Å². The second-order valence-corrected chi connectivity index (χ2v) is 9.15. The van der Waals surface area contributed by atoms with Gasteiger partial charge in [-0.2, -0.15) is 0 Å². The summed E-state index contributed by atoms with van der Waals surface area (Å²) in [6.45, 7) is 2.56. The van der Waals surface area contributed by atoms with Gasteiger partial charge in [-0.3, -0.25) is 25.2 Å². The predicted molar refractivity (Wildman–Crippen MR) is 154 cm³/mol. The molecule has 2 amide bonds.